The number of thioether (sulfide) groups is 1. The topological polar surface area (TPSA) is 74.1 Å². The highest BCUT2D eigenvalue weighted by atomic mass is 32.2. The molecule has 0 unspecified atom stereocenters. The van der Waals surface area contributed by atoms with Crippen LogP contribution >= 0.6 is 11.8 Å². The highest BCUT2D eigenvalue weighted by Crippen LogP contribution is 2.39. The average Bonchev–Trinajstić information content (AvgIpc) is 2.88. The normalized spacial score (nSPS) is 17.1. The molecule has 5 nitrogen and oxygen atoms in total. The van der Waals surface area contributed by atoms with Crippen molar-refractivity contribution in [3.8, 4) is 6.07 Å². The SMILES string of the molecule is Cc1ccc(N2C(=O)C[C@@H](Sc3nc(C)cc(C(F)(F)F)c3C#N)C2=O)cc1. The van der Waals surface area contributed by atoms with E-state index >= 15 is 0 Å². The van der Waals surface area contributed by atoms with Gasteiger partial charge in [0.05, 0.1) is 22.1 Å². The first-order valence-electron chi connectivity index (χ1n) is 8.21. The number of halogens is 3. The maximum atomic E-state index is 13.2. The van der Waals surface area contributed by atoms with E-state index in [9.17, 15) is 28.0 Å². The minimum Gasteiger partial charge on any atom is -0.274 e. The summed E-state index contributed by atoms with van der Waals surface area (Å²) in [6, 6.07) is 9.09. The average molecular weight is 405 g/mol. The van der Waals surface area contributed by atoms with E-state index < -0.39 is 34.4 Å². The third-order valence-corrected chi connectivity index (χ3v) is 5.35. The number of aromatic nitrogens is 1. The van der Waals surface area contributed by atoms with Crippen LogP contribution in [0.2, 0.25) is 0 Å². The molecule has 1 atom stereocenters. The van der Waals surface area contributed by atoms with Crippen LogP contribution in [0.1, 0.15) is 28.8 Å². The summed E-state index contributed by atoms with van der Waals surface area (Å²) in [6.45, 7) is 3.24. The van der Waals surface area contributed by atoms with Crippen LogP contribution in [0.5, 0.6) is 0 Å². The molecule has 9 heteroatoms. The summed E-state index contributed by atoms with van der Waals surface area (Å²) in [5, 5.41) is 8.09. The van der Waals surface area contributed by atoms with Gasteiger partial charge in [-0.05, 0) is 32.0 Å². The van der Waals surface area contributed by atoms with Crippen LogP contribution in [0.25, 0.3) is 0 Å². The minimum absolute atomic E-state index is 0.0704. The van der Waals surface area contributed by atoms with Gasteiger partial charge in [0.15, 0.2) is 0 Å². The maximum absolute atomic E-state index is 13.2. The molecule has 1 aromatic heterocycles. The van der Waals surface area contributed by atoms with Crippen molar-refractivity contribution in [3.05, 3.63) is 52.7 Å². The summed E-state index contributed by atoms with van der Waals surface area (Å²) in [7, 11) is 0. The Morgan fingerprint density at radius 3 is 2.43 bits per heavy atom. The number of hydrogen-bond donors (Lipinski definition) is 0. The number of benzene rings is 1. The third kappa shape index (κ3) is 3.73. The molecular weight excluding hydrogens is 391 g/mol. The maximum Gasteiger partial charge on any atom is 0.417 e. The molecule has 1 aromatic carbocycles. The molecule has 0 saturated carbocycles. The van der Waals surface area contributed by atoms with Gasteiger partial charge in [0.1, 0.15) is 11.1 Å². The fraction of sp³-hybridized carbons (Fsp3) is 0.263. The lowest BCUT2D eigenvalue weighted by Gasteiger charge is -2.16. The summed E-state index contributed by atoms with van der Waals surface area (Å²) in [5.74, 6) is -0.992. The van der Waals surface area contributed by atoms with Crippen LogP contribution in [0.4, 0.5) is 18.9 Å². The first-order valence-corrected chi connectivity index (χ1v) is 9.09. The molecule has 144 valence electrons. The van der Waals surface area contributed by atoms with Gasteiger partial charge in [0, 0.05) is 12.1 Å². The van der Waals surface area contributed by atoms with E-state index in [-0.39, 0.29) is 17.1 Å². The Balaban J connectivity index is 1.94. The summed E-state index contributed by atoms with van der Waals surface area (Å²) >= 11 is 0.715. The van der Waals surface area contributed by atoms with E-state index in [4.69, 9.17) is 0 Å². The minimum atomic E-state index is -4.72. The second-order valence-electron chi connectivity index (χ2n) is 6.31. The van der Waals surface area contributed by atoms with E-state index in [1.165, 1.54) is 13.0 Å². The van der Waals surface area contributed by atoms with E-state index in [2.05, 4.69) is 4.98 Å². The molecule has 2 aromatic rings. The van der Waals surface area contributed by atoms with E-state index in [1.807, 2.05) is 6.92 Å². The van der Waals surface area contributed by atoms with E-state index in [0.29, 0.717) is 17.4 Å². The molecule has 2 amide bonds. The predicted octanol–water partition coefficient (Wildman–Crippen LogP) is 4.01. The molecule has 1 saturated heterocycles. The van der Waals surface area contributed by atoms with Gasteiger partial charge in [-0.15, -0.1) is 0 Å². The van der Waals surface area contributed by atoms with Crippen molar-refractivity contribution in [1.29, 1.82) is 5.26 Å². The summed E-state index contributed by atoms with van der Waals surface area (Å²) in [6.07, 6.45) is -4.91. The smallest absolute Gasteiger partial charge is 0.274 e. The number of hydrogen-bond acceptors (Lipinski definition) is 5. The van der Waals surface area contributed by atoms with Gasteiger partial charge in [-0.25, -0.2) is 9.88 Å². The Hall–Kier alpha value is -2.86. The van der Waals surface area contributed by atoms with Crippen molar-refractivity contribution in [2.75, 3.05) is 4.90 Å². The molecular formula is C19H14F3N3O2S. The van der Waals surface area contributed by atoms with Crippen molar-refractivity contribution < 1.29 is 22.8 Å². The Kier molecular flexibility index (Phi) is 5.17. The van der Waals surface area contributed by atoms with Crippen molar-refractivity contribution in [2.24, 2.45) is 0 Å². The highest BCUT2D eigenvalue weighted by Gasteiger charge is 2.42. The zero-order valence-electron chi connectivity index (χ0n) is 14.9. The lowest BCUT2D eigenvalue weighted by Crippen LogP contribution is -2.31. The summed E-state index contributed by atoms with van der Waals surface area (Å²) in [5.41, 5.74) is -0.316. The number of amides is 2. The number of nitriles is 1. The first kappa shape index (κ1) is 19.9. The molecule has 0 aliphatic carbocycles. The largest absolute Gasteiger partial charge is 0.417 e. The standard InChI is InChI=1S/C19H14F3N3O2S/c1-10-3-5-12(6-4-10)25-16(26)8-15(18(25)27)28-17-13(9-23)14(19(20,21)22)7-11(2)24-17/h3-7,15H,8H2,1-2H3/t15-/m1/s1. The molecule has 0 radical (unpaired) electrons. The number of imide groups is 1. The lowest BCUT2D eigenvalue weighted by molar-refractivity contribution is -0.138. The van der Waals surface area contributed by atoms with Crippen molar-refractivity contribution in [2.45, 2.75) is 36.7 Å². The van der Waals surface area contributed by atoms with Gasteiger partial charge in [0.25, 0.3) is 0 Å². The zero-order valence-corrected chi connectivity index (χ0v) is 15.7. The van der Waals surface area contributed by atoms with Crippen LogP contribution < -0.4 is 4.90 Å². The van der Waals surface area contributed by atoms with Crippen molar-refractivity contribution in [3.63, 3.8) is 0 Å². The van der Waals surface area contributed by atoms with Gasteiger partial charge in [-0.1, -0.05) is 29.5 Å². The van der Waals surface area contributed by atoms with Gasteiger partial charge in [-0.2, -0.15) is 18.4 Å². The second-order valence-corrected chi connectivity index (χ2v) is 7.51. The molecule has 0 N–H and O–H groups in total. The Bertz CT molecular complexity index is 997. The highest BCUT2D eigenvalue weighted by molar-refractivity contribution is 8.00. The van der Waals surface area contributed by atoms with E-state index in [1.54, 1.807) is 24.3 Å². The van der Waals surface area contributed by atoms with Gasteiger partial charge < -0.3 is 0 Å². The van der Waals surface area contributed by atoms with Crippen molar-refractivity contribution in [1.82, 2.24) is 4.98 Å². The molecule has 1 fully saturated rings. The third-order valence-electron chi connectivity index (χ3n) is 4.18. The monoisotopic (exact) mass is 405 g/mol. The molecule has 1 aliphatic rings. The molecule has 3 rings (SSSR count). The van der Waals surface area contributed by atoms with Crippen LogP contribution in [0, 0.1) is 25.2 Å². The summed E-state index contributed by atoms with van der Waals surface area (Å²) < 4.78 is 39.7. The Morgan fingerprint density at radius 1 is 1.21 bits per heavy atom. The quantitative estimate of drug-likeness (QED) is 0.722. The summed E-state index contributed by atoms with van der Waals surface area (Å²) in [4.78, 5) is 30.1. The number of carbonyl (C=O) groups is 2. The van der Waals surface area contributed by atoms with Gasteiger partial charge in [-0.3, -0.25) is 9.59 Å². The molecule has 0 bridgehead atoms. The lowest BCUT2D eigenvalue weighted by atomic mass is 10.1. The number of aryl methyl sites for hydroxylation is 2. The molecule has 0 spiro atoms. The van der Waals surface area contributed by atoms with Crippen LogP contribution in [-0.2, 0) is 15.8 Å². The second kappa shape index (κ2) is 7.28. The van der Waals surface area contributed by atoms with E-state index in [0.717, 1.165) is 16.5 Å². The number of anilines is 1. The van der Waals surface area contributed by atoms with Gasteiger partial charge >= 0.3 is 6.18 Å². The van der Waals surface area contributed by atoms with Crippen LogP contribution in [0.3, 0.4) is 0 Å². The number of carbonyl (C=O) groups excluding carboxylic acids is 2. The molecule has 1 aliphatic heterocycles. The number of alkyl halides is 3. The zero-order chi connectivity index (χ0) is 20.6. The molecule has 28 heavy (non-hydrogen) atoms. The number of pyridine rings is 1. The number of rotatable bonds is 3. The first-order chi connectivity index (χ1) is 13.1. The Labute approximate surface area is 163 Å². The Morgan fingerprint density at radius 2 is 1.86 bits per heavy atom. The fourth-order valence-electron chi connectivity index (χ4n) is 2.86. The van der Waals surface area contributed by atoms with Gasteiger partial charge in [0.2, 0.25) is 11.8 Å². The fourth-order valence-corrected chi connectivity index (χ4v) is 4.03. The molecule has 2 heterocycles. The van der Waals surface area contributed by atoms with Crippen LogP contribution in [-0.4, -0.2) is 22.0 Å². The number of nitrogens with zero attached hydrogens (tertiary/aromatic N) is 3. The van der Waals surface area contributed by atoms with Crippen LogP contribution in [0.15, 0.2) is 35.4 Å². The van der Waals surface area contributed by atoms with Crippen molar-refractivity contribution >= 4 is 29.3 Å². The predicted molar refractivity (Wildman–Crippen MR) is 96.6 cm³/mol.